The van der Waals surface area contributed by atoms with Gasteiger partial charge in [-0.2, -0.15) is 0 Å². The van der Waals surface area contributed by atoms with Gasteiger partial charge in [-0.15, -0.1) is 0 Å². The number of benzene rings is 1. The Labute approximate surface area is 106 Å². The smallest absolute Gasteiger partial charge is 0.314 e. The summed E-state index contributed by atoms with van der Waals surface area (Å²) in [5.41, 5.74) is -0.188. The summed E-state index contributed by atoms with van der Waals surface area (Å²) < 4.78 is 5.23. The fourth-order valence-corrected chi connectivity index (χ4v) is 2.83. The first-order valence-electron chi connectivity index (χ1n) is 6.21. The number of ether oxygens (including phenoxy) is 1. The molecular formula is C14H18O4. The van der Waals surface area contributed by atoms with Gasteiger partial charge in [0.05, 0.1) is 12.5 Å². The molecule has 0 radical (unpaired) electrons. The highest BCUT2D eigenvalue weighted by Crippen LogP contribution is 2.44. The molecule has 1 aliphatic carbocycles. The van der Waals surface area contributed by atoms with Crippen LogP contribution in [0.5, 0.6) is 11.5 Å². The van der Waals surface area contributed by atoms with Crippen LogP contribution in [0.2, 0.25) is 0 Å². The lowest BCUT2D eigenvalue weighted by Crippen LogP contribution is -2.38. The van der Waals surface area contributed by atoms with Crippen LogP contribution in [0.4, 0.5) is 0 Å². The van der Waals surface area contributed by atoms with Gasteiger partial charge < -0.3 is 14.9 Å². The van der Waals surface area contributed by atoms with Gasteiger partial charge in [0.25, 0.3) is 0 Å². The quantitative estimate of drug-likeness (QED) is 0.865. The van der Waals surface area contributed by atoms with E-state index in [4.69, 9.17) is 4.74 Å². The van der Waals surface area contributed by atoms with Crippen LogP contribution < -0.4 is 4.74 Å². The molecule has 2 rings (SSSR count). The monoisotopic (exact) mass is 250 g/mol. The maximum absolute atomic E-state index is 11.7. The molecule has 0 aromatic heterocycles. The number of hydrogen-bond acceptors (Lipinski definition) is 3. The molecule has 1 saturated carbocycles. The van der Waals surface area contributed by atoms with Gasteiger partial charge in [0.2, 0.25) is 0 Å². The van der Waals surface area contributed by atoms with Crippen molar-refractivity contribution in [2.24, 2.45) is 0 Å². The second-order valence-electron chi connectivity index (χ2n) is 4.83. The van der Waals surface area contributed by atoms with Crippen molar-refractivity contribution < 1.29 is 19.7 Å². The molecule has 0 aliphatic heterocycles. The molecule has 0 bridgehead atoms. The van der Waals surface area contributed by atoms with E-state index in [1.54, 1.807) is 6.07 Å². The summed E-state index contributed by atoms with van der Waals surface area (Å²) >= 11 is 0. The van der Waals surface area contributed by atoms with Crippen LogP contribution in [-0.2, 0) is 10.2 Å². The van der Waals surface area contributed by atoms with E-state index in [2.05, 4.69) is 0 Å². The molecule has 4 nitrogen and oxygen atoms in total. The van der Waals surface area contributed by atoms with Gasteiger partial charge in [-0.3, -0.25) is 4.79 Å². The highest BCUT2D eigenvalue weighted by atomic mass is 16.5. The number of carboxylic acids is 1. The van der Waals surface area contributed by atoms with Crippen molar-refractivity contribution in [1.29, 1.82) is 0 Å². The number of aliphatic carboxylic acids is 1. The first-order chi connectivity index (χ1) is 8.60. The van der Waals surface area contributed by atoms with E-state index in [0.29, 0.717) is 24.2 Å². The van der Waals surface area contributed by atoms with E-state index in [9.17, 15) is 15.0 Å². The van der Waals surface area contributed by atoms with Crippen molar-refractivity contribution in [1.82, 2.24) is 0 Å². The minimum atomic E-state index is -0.864. The number of carbonyl (C=O) groups is 1. The Hall–Kier alpha value is -1.71. The summed E-state index contributed by atoms with van der Waals surface area (Å²) in [4.78, 5) is 11.7. The summed E-state index contributed by atoms with van der Waals surface area (Å²) in [6.07, 6.45) is 4.16. The number of phenolic OH excluding ortho intramolecular Hbond substituents is 1. The lowest BCUT2D eigenvalue weighted by molar-refractivity contribution is -0.145. The van der Waals surface area contributed by atoms with Crippen molar-refractivity contribution in [3.05, 3.63) is 23.8 Å². The standard InChI is InChI=1S/C14H18O4/c1-18-12-9-10(15)5-6-11(12)14(13(16)17)7-3-2-4-8-14/h5-6,9,15H,2-4,7-8H2,1H3,(H,16,17). The highest BCUT2D eigenvalue weighted by Gasteiger charge is 2.43. The molecule has 1 fully saturated rings. The largest absolute Gasteiger partial charge is 0.508 e. The molecule has 0 atom stereocenters. The number of phenols is 1. The normalized spacial score (nSPS) is 18.3. The molecule has 1 aromatic rings. The Bertz CT molecular complexity index is 447. The predicted molar refractivity (Wildman–Crippen MR) is 67.1 cm³/mol. The molecular weight excluding hydrogens is 232 g/mol. The summed E-state index contributed by atoms with van der Waals surface area (Å²) in [6, 6.07) is 4.68. The molecule has 98 valence electrons. The van der Waals surface area contributed by atoms with Crippen LogP contribution in [0.1, 0.15) is 37.7 Å². The molecule has 0 unspecified atom stereocenters. The van der Waals surface area contributed by atoms with Gasteiger partial charge in [-0.25, -0.2) is 0 Å². The van der Waals surface area contributed by atoms with E-state index < -0.39 is 11.4 Å². The first kappa shape index (κ1) is 12.7. The maximum atomic E-state index is 11.7. The van der Waals surface area contributed by atoms with E-state index in [0.717, 1.165) is 19.3 Å². The van der Waals surface area contributed by atoms with Crippen LogP contribution >= 0.6 is 0 Å². The van der Waals surface area contributed by atoms with Gasteiger partial charge in [0.15, 0.2) is 0 Å². The van der Waals surface area contributed by atoms with Crippen LogP contribution in [0.15, 0.2) is 18.2 Å². The van der Waals surface area contributed by atoms with Crippen LogP contribution in [-0.4, -0.2) is 23.3 Å². The lowest BCUT2D eigenvalue weighted by Gasteiger charge is -2.34. The van der Waals surface area contributed by atoms with Gasteiger partial charge >= 0.3 is 5.97 Å². The Morgan fingerprint density at radius 3 is 2.50 bits per heavy atom. The zero-order chi connectivity index (χ0) is 13.2. The minimum Gasteiger partial charge on any atom is -0.508 e. The fourth-order valence-electron chi connectivity index (χ4n) is 2.83. The molecule has 18 heavy (non-hydrogen) atoms. The Balaban J connectivity index is 2.51. The number of aromatic hydroxyl groups is 1. The van der Waals surface area contributed by atoms with Gasteiger partial charge in [-0.05, 0) is 18.9 Å². The Morgan fingerprint density at radius 2 is 1.94 bits per heavy atom. The third-order valence-electron chi connectivity index (χ3n) is 3.82. The minimum absolute atomic E-state index is 0.0898. The average molecular weight is 250 g/mol. The number of carboxylic acid groups (broad SMARTS) is 1. The third-order valence-corrected chi connectivity index (χ3v) is 3.82. The molecule has 0 saturated heterocycles. The van der Waals surface area contributed by atoms with Crippen LogP contribution in [0.25, 0.3) is 0 Å². The second-order valence-corrected chi connectivity index (χ2v) is 4.83. The summed E-state index contributed by atoms with van der Waals surface area (Å²) in [7, 11) is 1.50. The molecule has 1 aromatic carbocycles. The second kappa shape index (κ2) is 4.88. The van der Waals surface area contributed by atoms with Crippen molar-refractivity contribution >= 4 is 5.97 Å². The molecule has 1 aliphatic rings. The van der Waals surface area contributed by atoms with Gasteiger partial charge in [-0.1, -0.05) is 25.3 Å². The SMILES string of the molecule is COc1cc(O)ccc1C1(C(=O)O)CCCCC1. The number of rotatable bonds is 3. The van der Waals surface area contributed by atoms with Crippen molar-refractivity contribution in [2.75, 3.05) is 7.11 Å². The highest BCUT2D eigenvalue weighted by molar-refractivity contribution is 5.82. The van der Waals surface area contributed by atoms with E-state index in [1.807, 2.05) is 0 Å². The van der Waals surface area contributed by atoms with Crippen molar-refractivity contribution in [2.45, 2.75) is 37.5 Å². The van der Waals surface area contributed by atoms with Crippen LogP contribution in [0, 0.1) is 0 Å². The number of hydrogen-bond donors (Lipinski definition) is 2. The topological polar surface area (TPSA) is 66.8 Å². The van der Waals surface area contributed by atoms with Gasteiger partial charge in [0.1, 0.15) is 11.5 Å². The van der Waals surface area contributed by atoms with Crippen molar-refractivity contribution in [3.8, 4) is 11.5 Å². The van der Waals surface area contributed by atoms with E-state index in [1.165, 1.54) is 19.2 Å². The zero-order valence-corrected chi connectivity index (χ0v) is 10.5. The maximum Gasteiger partial charge on any atom is 0.314 e. The van der Waals surface area contributed by atoms with Crippen molar-refractivity contribution in [3.63, 3.8) is 0 Å². The van der Waals surface area contributed by atoms with Gasteiger partial charge in [0, 0.05) is 11.6 Å². The average Bonchev–Trinajstić information content (AvgIpc) is 2.39. The van der Waals surface area contributed by atoms with E-state index >= 15 is 0 Å². The summed E-state index contributed by atoms with van der Waals surface area (Å²) in [6.45, 7) is 0. The first-order valence-corrected chi connectivity index (χ1v) is 6.21. The molecule has 0 amide bonds. The molecule has 0 spiro atoms. The number of methoxy groups -OCH3 is 1. The third kappa shape index (κ3) is 2.03. The summed E-state index contributed by atoms with van der Waals surface area (Å²) in [5.74, 6) is -0.252. The van der Waals surface area contributed by atoms with E-state index in [-0.39, 0.29) is 5.75 Å². The Morgan fingerprint density at radius 1 is 1.28 bits per heavy atom. The van der Waals surface area contributed by atoms with Crippen LogP contribution in [0.3, 0.4) is 0 Å². The zero-order valence-electron chi connectivity index (χ0n) is 10.5. The summed E-state index contributed by atoms with van der Waals surface area (Å²) in [5, 5.41) is 19.1. The predicted octanol–water partition coefficient (Wildman–Crippen LogP) is 2.69. The lowest BCUT2D eigenvalue weighted by atomic mass is 9.69. The molecule has 0 heterocycles. The Kier molecular flexibility index (Phi) is 3.45. The molecule has 4 heteroatoms. The fraction of sp³-hybridized carbons (Fsp3) is 0.500. The molecule has 2 N–H and O–H groups in total.